The number of rotatable bonds is 4. The van der Waals surface area contributed by atoms with Gasteiger partial charge < -0.3 is 4.57 Å². The van der Waals surface area contributed by atoms with Gasteiger partial charge in [-0.25, -0.2) is 0 Å². The minimum Gasteiger partial charge on any atom is -0.311 e. The summed E-state index contributed by atoms with van der Waals surface area (Å²) >= 11 is 8.02. The van der Waals surface area contributed by atoms with Gasteiger partial charge in [0.05, 0.1) is 0 Å². The Balaban J connectivity index is 2.69. The topological polar surface area (TPSA) is 17.1 Å². The van der Waals surface area contributed by atoms with Gasteiger partial charge in [0, 0.05) is 10.6 Å². The predicted molar refractivity (Wildman–Crippen MR) is 87.5 cm³/mol. The fourth-order valence-corrected chi connectivity index (χ4v) is 6.67. The molecule has 0 saturated carbocycles. The van der Waals surface area contributed by atoms with Crippen molar-refractivity contribution < 1.29 is 4.57 Å². The van der Waals surface area contributed by atoms with E-state index in [0.717, 1.165) is 10.6 Å². The predicted octanol–water partition coefficient (Wildman–Crippen LogP) is 4.28. The molecule has 4 heteroatoms. The molecule has 0 aromatic heterocycles. The Morgan fingerprint density at radius 1 is 0.947 bits per heavy atom. The first-order chi connectivity index (χ1) is 9.02. The molecule has 1 unspecified atom stereocenters. The standard InChI is InChI=1S/C15H16ClOPS/c1-15(16,19-2)18(17,13-9-5-3-6-10-13)14-11-7-4-8-12-14/h3-12H,1-2H3. The summed E-state index contributed by atoms with van der Waals surface area (Å²) in [7, 11) is -2.90. The summed E-state index contributed by atoms with van der Waals surface area (Å²) in [6.07, 6.45) is 1.89. The molecule has 1 atom stereocenters. The molecule has 2 aromatic carbocycles. The third-order valence-electron chi connectivity index (χ3n) is 3.17. The Labute approximate surface area is 123 Å². The van der Waals surface area contributed by atoms with Crippen molar-refractivity contribution in [1.82, 2.24) is 0 Å². The van der Waals surface area contributed by atoms with Gasteiger partial charge in [-0.3, -0.25) is 0 Å². The average Bonchev–Trinajstić information content (AvgIpc) is 2.48. The second-order valence-corrected chi connectivity index (χ2v) is 10.3. The van der Waals surface area contributed by atoms with E-state index in [1.165, 1.54) is 11.8 Å². The highest BCUT2D eigenvalue weighted by Gasteiger charge is 2.45. The van der Waals surface area contributed by atoms with E-state index in [9.17, 15) is 4.57 Å². The van der Waals surface area contributed by atoms with Crippen LogP contribution in [0.5, 0.6) is 0 Å². The summed E-state index contributed by atoms with van der Waals surface area (Å²) in [5.41, 5.74) is 0. The van der Waals surface area contributed by atoms with Gasteiger partial charge in [-0.2, -0.15) is 0 Å². The second kappa shape index (κ2) is 5.75. The molecule has 2 aromatic rings. The number of halogens is 1. The maximum Gasteiger partial charge on any atom is 0.172 e. The quantitative estimate of drug-likeness (QED) is 0.619. The smallest absolute Gasteiger partial charge is 0.172 e. The lowest BCUT2D eigenvalue weighted by molar-refractivity contribution is 0.584. The third-order valence-corrected chi connectivity index (χ3v) is 9.59. The van der Waals surface area contributed by atoms with Gasteiger partial charge in [0.25, 0.3) is 0 Å². The molecule has 0 heterocycles. The van der Waals surface area contributed by atoms with E-state index < -0.39 is 11.1 Å². The van der Waals surface area contributed by atoms with Gasteiger partial charge >= 0.3 is 0 Å². The van der Waals surface area contributed by atoms with Gasteiger partial charge in [0.1, 0.15) is 3.95 Å². The summed E-state index contributed by atoms with van der Waals surface area (Å²) in [6.45, 7) is 1.83. The van der Waals surface area contributed by atoms with E-state index in [2.05, 4.69) is 0 Å². The zero-order chi connectivity index (χ0) is 13.9. The molecule has 1 nitrogen and oxygen atoms in total. The summed E-state index contributed by atoms with van der Waals surface area (Å²) in [6, 6.07) is 19.0. The Morgan fingerprint density at radius 2 is 1.32 bits per heavy atom. The summed E-state index contributed by atoms with van der Waals surface area (Å²) < 4.78 is 12.9. The highest BCUT2D eigenvalue weighted by atomic mass is 35.5. The molecular weight excluding hydrogens is 295 g/mol. The average molecular weight is 311 g/mol. The molecule has 100 valence electrons. The molecule has 0 aliphatic heterocycles. The number of thioether (sulfide) groups is 1. The van der Waals surface area contributed by atoms with Gasteiger partial charge in [-0.1, -0.05) is 72.3 Å². The molecule has 0 saturated heterocycles. The Kier molecular flexibility index (Phi) is 4.45. The molecule has 0 aliphatic carbocycles. The molecule has 0 spiro atoms. The first-order valence-electron chi connectivity index (χ1n) is 5.98. The molecule has 19 heavy (non-hydrogen) atoms. The highest BCUT2D eigenvalue weighted by molar-refractivity contribution is 8.11. The fraction of sp³-hybridized carbons (Fsp3) is 0.200. The molecule has 0 bridgehead atoms. The van der Waals surface area contributed by atoms with Crippen LogP contribution < -0.4 is 10.6 Å². The fourth-order valence-electron chi connectivity index (χ4n) is 2.01. The van der Waals surface area contributed by atoms with Crippen LogP contribution in [-0.2, 0) is 4.57 Å². The number of hydrogen-bond donors (Lipinski definition) is 0. The molecular formula is C15H16ClOPS. The first kappa shape index (κ1) is 14.7. The van der Waals surface area contributed by atoms with Crippen molar-refractivity contribution in [2.45, 2.75) is 10.9 Å². The lowest BCUT2D eigenvalue weighted by Gasteiger charge is -2.31. The van der Waals surface area contributed by atoms with Crippen molar-refractivity contribution in [3.05, 3.63) is 60.7 Å². The van der Waals surface area contributed by atoms with Crippen LogP contribution >= 0.6 is 30.5 Å². The molecule has 0 fully saturated rings. The Hall–Kier alpha value is -0.690. The van der Waals surface area contributed by atoms with Crippen molar-refractivity contribution in [2.24, 2.45) is 0 Å². The first-order valence-corrected chi connectivity index (χ1v) is 9.29. The molecule has 0 aliphatic rings. The van der Waals surface area contributed by atoms with Crippen molar-refractivity contribution in [1.29, 1.82) is 0 Å². The molecule has 0 N–H and O–H groups in total. The molecule has 0 radical (unpaired) electrons. The van der Waals surface area contributed by atoms with E-state index in [4.69, 9.17) is 11.6 Å². The van der Waals surface area contributed by atoms with Crippen molar-refractivity contribution in [2.75, 3.05) is 6.26 Å². The Bertz CT molecular complexity index is 540. The van der Waals surface area contributed by atoms with Crippen LogP contribution in [-0.4, -0.2) is 10.2 Å². The van der Waals surface area contributed by atoms with Crippen LogP contribution in [0.2, 0.25) is 0 Å². The molecule has 2 rings (SSSR count). The number of alkyl halides is 1. The second-order valence-electron chi connectivity index (χ2n) is 4.35. The summed E-state index contributed by atoms with van der Waals surface area (Å²) in [5.74, 6) is 0. The van der Waals surface area contributed by atoms with Gasteiger partial charge in [0.2, 0.25) is 0 Å². The summed E-state index contributed by atoms with van der Waals surface area (Å²) in [5, 5.41) is 1.60. The van der Waals surface area contributed by atoms with E-state index in [-0.39, 0.29) is 0 Å². The van der Waals surface area contributed by atoms with Crippen LogP contribution in [0.3, 0.4) is 0 Å². The maximum atomic E-state index is 13.7. The van der Waals surface area contributed by atoms with Gasteiger partial charge in [0.15, 0.2) is 7.14 Å². The van der Waals surface area contributed by atoms with E-state index in [0.29, 0.717) is 0 Å². The zero-order valence-corrected chi connectivity index (χ0v) is 13.4. The van der Waals surface area contributed by atoms with Crippen LogP contribution in [0.1, 0.15) is 6.92 Å². The maximum absolute atomic E-state index is 13.7. The normalized spacial score (nSPS) is 14.9. The summed E-state index contributed by atoms with van der Waals surface area (Å²) in [4.78, 5) is 0. The van der Waals surface area contributed by atoms with Crippen molar-refractivity contribution >= 4 is 41.1 Å². The van der Waals surface area contributed by atoms with E-state index in [1.54, 1.807) is 0 Å². The van der Waals surface area contributed by atoms with E-state index >= 15 is 0 Å². The van der Waals surface area contributed by atoms with Crippen LogP contribution in [0.4, 0.5) is 0 Å². The molecule has 0 amide bonds. The third kappa shape index (κ3) is 2.63. The highest BCUT2D eigenvalue weighted by Crippen LogP contribution is 2.62. The van der Waals surface area contributed by atoms with Crippen molar-refractivity contribution in [3.8, 4) is 0 Å². The SMILES string of the molecule is CSC(C)(Cl)P(=O)(c1ccccc1)c1ccccc1. The monoisotopic (exact) mass is 310 g/mol. The largest absolute Gasteiger partial charge is 0.311 e. The number of benzene rings is 2. The Morgan fingerprint density at radius 3 is 1.63 bits per heavy atom. The zero-order valence-electron chi connectivity index (χ0n) is 10.9. The minimum absolute atomic E-state index is 0.799. The van der Waals surface area contributed by atoms with Gasteiger partial charge in [-0.05, 0) is 13.2 Å². The lowest BCUT2D eigenvalue weighted by Crippen LogP contribution is -2.28. The van der Waals surface area contributed by atoms with Crippen molar-refractivity contribution in [3.63, 3.8) is 0 Å². The van der Waals surface area contributed by atoms with Crippen LogP contribution in [0, 0.1) is 0 Å². The van der Waals surface area contributed by atoms with E-state index in [1.807, 2.05) is 73.8 Å². The van der Waals surface area contributed by atoms with Gasteiger partial charge in [-0.15, -0.1) is 11.8 Å². The minimum atomic E-state index is -2.90. The van der Waals surface area contributed by atoms with Crippen LogP contribution in [0.15, 0.2) is 60.7 Å². The van der Waals surface area contributed by atoms with Crippen LogP contribution in [0.25, 0.3) is 0 Å². The lowest BCUT2D eigenvalue weighted by atomic mass is 10.4. The number of hydrogen-bond acceptors (Lipinski definition) is 2.